The Hall–Kier alpha value is -0.730. The molecule has 3 heteroatoms. The van der Waals surface area contributed by atoms with Gasteiger partial charge in [0.25, 0.3) is 0 Å². The molecule has 120 valence electrons. The third-order valence-corrected chi connectivity index (χ3v) is 3.97. The molecule has 0 aliphatic rings. The molecule has 0 heterocycles. The van der Waals surface area contributed by atoms with Crippen LogP contribution in [-0.2, 0) is 6.42 Å². The summed E-state index contributed by atoms with van der Waals surface area (Å²) in [6, 6.07) is 8.16. The van der Waals surface area contributed by atoms with Crippen molar-refractivity contribution in [2.45, 2.75) is 64.4 Å². The minimum Gasteiger partial charge on any atom is -0.491 e. The highest BCUT2D eigenvalue weighted by Crippen LogP contribution is 2.15. The van der Waals surface area contributed by atoms with Crippen molar-refractivity contribution in [3.8, 4) is 5.75 Å². The van der Waals surface area contributed by atoms with Gasteiger partial charge in [0.05, 0.1) is 5.88 Å². The first-order valence-corrected chi connectivity index (χ1v) is 8.75. The number of unbranched alkanes of at least 4 members (excludes halogenated alkanes) is 6. The fourth-order valence-corrected chi connectivity index (χ4v) is 2.36. The highest BCUT2D eigenvalue weighted by molar-refractivity contribution is 6.18. The van der Waals surface area contributed by atoms with Gasteiger partial charge in [-0.25, -0.2) is 0 Å². The highest BCUT2D eigenvalue weighted by Gasteiger charge is 2.03. The maximum atomic E-state index is 9.34. The number of aliphatic hydroxyl groups excluding tert-OH is 1. The van der Waals surface area contributed by atoms with Crippen LogP contribution in [0.15, 0.2) is 24.3 Å². The standard InChI is InChI=1S/C18H29ClO2/c1-2-3-4-5-6-7-8-9-16-10-12-18(13-11-16)21-15-17(20)14-19/h10-13,17,20H,2-9,14-15H2,1H3. The molecule has 0 bridgehead atoms. The zero-order chi connectivity index (χ0) is 15.3. The van der Waals surface area contributed by atoms with Crippen LogP contribution in [0, 0.1) is 0 Å². The minimum atomic E-state index is -0.598. The Kier molecular flexibility index (Phi) is 10.4. The second-order valence-electron chi connectivity index (χ2n) is 5.63. The van der Waals surface area contributed by atoms with Crippen LogP contribution in [0.25, 0.3) is 0 Å². The van der Waals surface area contributed by atoms with Crippen LogP contribution in [-0.4, -0.2) is 23.7 Å². The smallest absolute Gasteiger partial charge is 0.119 e. The number of ether oxygens (including phenoxy) is 1. The van der Waals surface area contributed by atoms with Gasteiger partial charge in [0.15, 0.2) is 0 Å². The zero-order valence-corrected chi connectivity index (χ0v) is 13.9. The summed E-state index contributed by atoms with van der Waals surface area (Å²) in [6.07, 6.45) is 9.94. The molecule has 2 nitrogen and oxygen atoms in total. The lowest BCUT2D eigenvalue weighted by molar-refractivity contribution is 0.125. The maximum absolute atomic E-state index is 9.34. The van der Waals surface area contributed by atoms with Crippen LogP contribution in [0.3, 0.4) is 0 Å². The predicted octanol–water partition coefficient (Wildman–Crippen LogP) is 4.96. The molecule has 0 saturated heterocycles. The molecule has 1 aromatic carbocycles. The van der Waals surface area contributed by atoms with Crippen molar-refractivity contribution in [2.75, 3.05) is 12.5 Å². The first-order valence-electron chi connectivity index (χ1n) is 8.22. The number of aliphatic hydroxyl groups is 1. The molecule has 0 aliphatic carbocycles. The first-order chi connectivity index (χ1) is 10.3. The summed E-state index contributed by atoms with van der Waals surface area (Å²) >= 11 is 5.52. The average Bonchev–Trinajstić information content (AvgIpc) is 2.52. The van der Waals surface area contributed by atoms with E-state index in [4.69, 9.17) is 16.3 Å². The molecular formula is C18H29ClO2. The molecule has 0 saturated carbocycles. The van der Waals surface area contributed by atoms with Crippen LogP contribution in [0.4, 0.5) is 0 Å². The molecule has 1 atom stereocenters. The van der Waals surface area contributed by atoms with Gasteiger partial charge in [-0.1, -0.05) is 57.6 Å². The van der Waals surface area contributed by atoms with E-state index in [1.165, 1.54) is 50.5 Å². The number of hydrogen-bond donors (Lipinski definition) is 1. The normalized spacial score (nSPS) is 12.3. The van der Waals surface area contributed by atoms with Crippen molar-refractivity contribution < 1.29 is 9.84 Å². The van der Waals surface area contributed by atoms with E-state index in [0.29, 0.717) is 0 Å². The van der Waals surface area contributed by atoms with Crippen LogP contribution in [0.2, 0.25) is 0 Å². The van der Waals surface area contributed by atoms with E-state index in [2.05, 4.69) is 19.1 Å². The lowest BCUT2D eigenvalue weighted by Gasteiger charge is -2.10. The van der Waals surface area contributed by atoms with Gasteiger partial charge >= 0.3 is 0 Å². The Balaban J connectivity index is 2.13. The molecular weight excluding hydrogens is 284 g/mol. The number of rotatable bonds is 12. The molecule has 0 radical (unpaired) electrons. The third-order valence-electron chi connectivity index (χ3n) is 3.61. The SMILES string of the molecule is CCCCCCCCCc1ccc(OCC(O)CCl)cc1. The molecule has 0 aliphatic heterocycles. The van der Waals surface area contributed by atoms with Crippen molar-refractivity contribution in [1.29, 1.82) is 0 Å². The molecule has 0 amide bonds. The number of aryl methyl sites for hydroxylation is 1. The Bertz CT molecular complexity index is 351. The summed E-state index contributed by atoms with van der Waals surface area (Å²) in [7, 11) is 0. The molecule has 1 unspecified atom stereocenters. The Morgan fingerprint density at radius 3 is 2.24 bits per heavy atom. The largest absolute Gasteiger partial charge is 0.491 e. The van der Waals surface area contributed by atoms with Crippen molar-refractivity contribution in [2.24, 2.45) is 0 Å². The average molecular weight is 313 g/mol. The molecule has 1 N–H and O–H groups in total. The zero-order valence-electron chi connectivity index (χ0n) is 13.2. The summed E-state index contributed by atoms with van der Waals surface area (Å²) in [4.78, 5) is 0. The van der Waals surface area contributed by atoms with Gasteiger partial charge in [0.2, 0.25) is 0 Å². The van der Waals surface area contributed by atoms with Crippen LogP contribution < -0.4 is 4.74 Å². The monoisotopic (exact) mass is 312 g/mol. The topological polar surface area (TPSA) is 29.5 Å². The Morgan fingerprint density at radius 1 is 1.00 bits per heavy atom. The van der Waals surface area contributed by atoms with Gasteiger partial charge in [-0.05, 0) is 30.5 Å². The van der Waals surface area contributed by atoms with Crippen LogP contribution in [0.5, 0.6) is 5.75 Å². The Labute approximate surface area is 134 Å². The Morgan fingerprint density at radius 2 is 1.62 bits per heavy atom. The van der Waals surface area contributed by atoms with Gasteiger partial charge in [-0.15, -0.1) is 11.6 Å². The fraction of sp³-hybridized carbons (Fsp3) is 0.667. The van der Waals surface area contributed by atoms with Crippen molar-refractivity contribution in [3.63, 3.8) is 0 Å². The van der Waals surface area contributed by atoms with Crippen LogP contribution >= 0.6 is 11.6 Å². The van der Waals surface area contributed by atoms with E-state index in [0.717, 1.165) is 12.2 Å². The minimum absolute atomic E-state index is 0.205. The summed E-state index contributed by atoms with van der Waals surface area (Å²) in [6.45, 7) is 2.50. The van der Waals surface area contributed by atoms with E-state index < -0.39 is 6.10 Å². The van der Waals surface area contributed by atoms with Gasteiger partial charge in [0, 0.05) is 0 Å². The number of benzene rings is 1. The van der Waals surface area contributed by atoms with Gasteiger partial charge in [-0.2, -0.15) is 0 Å². The second-order valence-corrected chi connectivity index (χ2v) is 5.94. The maximum Gasteiger partial charge on any atom is 0.119 e. The summed E-state index contributed by atoms with van der Waals surface area (Å²) in [5.41, 5.74) is 1.36. The molecule has 1 aromatic rings. The summed E-state index contributed by atoms with van der Waals surface area (Å²) < 4.78 is 5.46. The quantitative estimate of drug-likeness (QED) is 0.437. The van der Waals surface area contributed by atoms with E-state index in [-0.39, 0.29) is 12.5 Å². The molecule has 21 heavy (non-hydrogen) atoms. The molecule has 0 spiro atoms. The van der Waals surface area contributed by atoms with E-state index in [1.807, 2.05) is 12.1 Å². The molecule has 0 aromatic heterocycles. The number of alkyl halides is 1. The van der Waals surface area contributed by atoms with Gasteiger partial charge < -0.3 is 9.84 Å². The van der Waals surface area contributed by atoms with Gasteiger partial charge in [-0.3, -0.25) is 0 Å². The third kappa shape index (κ3) is 9.00. The van der Waals surface area contributed by atoms with E-state index >= 15 is 0 Å². The van der Waals surface area contributed by atoms with Crippen molar-refractivity contribution >= 4 is 11.6 Å². The summed E-state index contributed by atoms with van der Waals surface area (Å²) in [5, 5.41) is 9.34. The van der Waals surface area contributed by atoms with Crippen molar-refractivity contribution in [3.05, 3.63) is 29.8 Å². The second kappa shape index (κ2) is 11.9. The fourth-order valence-electron chi connectivity index (χ4n) is 2.28. The lowest BCUT2D eigenvalue weighted by Crippen LogP contribution is -2.18. The molecule has 1 rings (SSSR count). The number of halogens is 1. The van der Waals surface area contributed by atoms with Crippen molar-refractivity contribution in [1.82, 2.24) is 0 Å². The van der Waals surface area contributed by atoms with E-state index in [1.54, 1.807) is 0 Å². The first kappa shape index (κ1) is 18.3. The summed E-state index contributed by atoms with van der Waals surface area (Å²) in [5.74, 6) is 0.999. The van der Waals surface area contributed by atoms with Gasteiger partial charge in [0.1, 0.15) is 18.5 Å². The number of hydrogen-bond acceptors (Lipinski definition) is 2. The predicted molar refractivity (Wildman–Crippen MR) is 90.4 cm³/mol. The molecule has 0 fully saturated rings. The lowest BCUT2D eigenvalue weighted by atomic mass is 10.0. The van der Waals surface area contributed by atoms with E-state index in [9.17, 15) is 5.11 Å². The highest BCUT2D eigenvalue weighted by atomic mass is 35.5. The van der Waals surface area contributed by atoms with Crippen LogP contribution in [0.1, 0.15) is 57.4 Å².